The summed E-state index contributed by atoms with van der Waals surface area (Å²) in [6, 6.07) is 6.95. The number of benzene rings is 1. The Morgan fingerprint density at radius 3 is 2.31 bits per heavy atom. The molecule has 0 fully saturated rings. The number of hydrogen-bond donors (Lipinski definition) is 6. The van der Waals surface area contributed by atoms with Crippen LogP contribution in [0.15, 0.2) is 30.3 Å². The Bertz CT molecular complexity index is 758. The SMILES string of the molecule is CNC(=O)[C@H](CCC(=O)NCC(O)CN)NC(=O)NC(=O)[C@H](Cc1ccccc1)N(C)C. The van der Waals surface area contributed by atoms with Gasteiger partial charge in [0, 0.05) is 26.6 Å². The summed E-state index contributed by atoms with van der Waals surface area (Å²) in [7, 11) is 4.87. The van der Waals surface area contributed by atoms with Crippen molar-refractivity contribution < 1.29 is 24.3 Å². The highest BCUT2D eigenvalue weighted by Gasteiger charge is 2.26. The Morgan fingerprint density at radius 1 is 1.09 bits per heavy atom. The van der Waals surface area contributed by atoms with Gasteiger partial charge in [-0.05, 0) is 32.5 Å². The topological polar surface area (TPSA) is 166 Å². The summed E-state index contributed by atoms with van der Waals surface area (Å²) in [6.07, 6.45) is -0.518. The lowest BCUT2D eigenvalue weighted by atomic mass is 10.0. The molecule has 5 amide bonds. The maximum Gasteiger partial charge on any atom is 0.322 e. The van der Waals surface area contributed by atoms with Crippen LogP contribution in [0.5, 0.6) is 0 Å². The monoisotopic (exact) mass is 450 g/mol. The number of imide groups is 1. The standard InChI is InChI=1S/C21H34N6O5/c1-23-19(30)16(9-10-18(29)24-13-15(28)12-22)25-21(32)26-20(31)17(27(2)3)11-14-7-5-4-6-8-14/h4-8,15-17,28H,9-13,22H2,1-3H3,(H,23,30)(H,24,29)(H2,25,26,31,32)/t15?,16-,17-/m0/s1. The average Bonchev–Trinajstić information content (AvgIpc) is 2.78. The quantitative estimate of drug-likeness (QED) is 0.221. The molecule has 11 heteroatoms. The minimum Gasteiger partial charge on any atom is -0.390 e. The van der Waals surface area contributed by atoms with Crippen molar-refractivity contribution >= 4 is 23.8 Å². The van der Waals surface area contributed by atoms with Crippen LogP contribution in [-0.2, 0) is 20.8 Å². The van der Waals surface area contributed by atoms with E-state index >= 15 is 0 Å². The van der Waals surface area contributed by atoms with Crippen LogP contribution in [0.2, 0.25) is 0 Å². The zero-order valence-electron chi connectivity index (χ0n) is 18.8. The number of nitrogens with two attached hydrogens (primary N) is 1. The van der Waals surface area contributed by atoms with Crippen molar-refractivity contribution in [2.75, 3.05) is 34.2 Å². The number of urea groups is 1. The zero-order valence-corrected chi connectivity index (χ0v) is 18.8. The Hall–Kier alpha value is -3.02. The molecule has 0 aliphatic rings. The van der Waals surface area contributed by atoms with Gasteiger partial charge >= 0.3 is 6.03 Å². The third-order valence-electron chi connectivity index (χ3n) is 4.77. The van der Waals surface area contributed by atoms with E-state index in [1.807, 2.05) is 30.3 Å². The second-order valence-corrected chi connectivity index (χ2v) is 7.53. The molecule has 0 radical (unpaired) electrons. The molecule has 1 aromatic carbocycles. The minimum absolute atomic E-state index is 0.00424. The molecule has 1 unspecified atom stereocenters. The molecule has 0 bridgehead atoms. The molecule has 0 spiro atoms. The van der Waals surface area contributed by atoms with E-state index in [0.29, 0.717) is 6.42 Å². The van der Waals surface area contributed by atoms with Crippen LogP contribution in [-0.4, -0.2) is 86.2 Å². The van der Waals surface area contributed by atoms with Crippen molar-refractivity contribution in [2.45, 2.75) is 37.5 Å². The molecule has 0 saturated carbocycles. The summed E-state index contributed by atoms with van der Waals surface area (Å²) in [6.45, 7) is 0.00481. The second kappa shape index (κ2) is 14.1. The molecule has 0 aromatic heterocycles. The van der Waals surface area contributed by atoms with Gasteiger partial charge in [-0.25, -0.2) is 4.79 Å². The van der Waals surface area contributed by atoms with Crippen molar-refractivity contribution in [1.82, 2.24) is 26.2 Å². The molecule has 178 valence electrons. The number of nitrogens with one attached hydrogen (secondary N) is 4. The molecule has 0 heterocycles. The van der Waals surface area contributed by atoms with Crippen molar-refractivity contribution in [1.29, 1.82) is 0 Å². The van der Waals surface area contributed by atoms with Crippen molar-refractivity contribution in [3.05, 3.63) is 35.9 Å². The van der Waals surface area contributed by atoms with Crippen LogP contribution in [0.4, 0.5) is 4.79 Å². The fourth-order valence-electron chi connectivity index (χ4n) is 2.86. The Kier molecular flexibility index (Phi) is 11.9. The molecule has 3 atom stereocenters. The maximum atomic E-state index is 12.7. The smallest absolute Gasteiger partial charge is 0.322 e. The van der Waals surface area contributed by atoms with Crippen molar-refractivity contribution in [2.24, 2.45) is 5.73 Å². The Morgan fingerprint density at radius 2 is 1.75 bits per heavy atom. The highest BCUT2D eigenvalue weighted by Crippen LogP contribution is 2.07. The predicted octanol–water partition coefficient (Wildman–Crippen LogP) is -1.68. The lowest BCUT2D eigenvalue weighted by molar-refractivity contribution is -0.126. The zero-order chi connectivity index (χ0) is 24.1. The van der Waals surface area contributed by atoms with Gasteiger partial charge in [-0.2, -0.15) is 0 Å². The number of aliphatic hydroxyl groups is 1. The summed E-state index contributed by atoms with van der Waals surface area (Å²) in [5.41, 5.74) is 6.22. The summed E-state index contributed by atoms with van der Waals surface area (Å²) >= 11 is 0. The number of carbonyl (C=O) groups is 4. The van der Waals surface area contributed by atoms with Crippen LogP contribution in [0.1, 0.15) is 18.4 Å². The number of rotatable bonds is 12. The summed E-state index contributed by atoms with van der Waals surface area (Å²) in [5.74, 6) is -1.42. The normalized spacial score (nSPS) is 13.6. The van der Waals surface area contributed by atoms with Gasteiger partial charge in [0.25, 0.3) is 0 Å². The van der Waals surface area contributed by atoms with E-state index in [9.17, 15) is 24.3 Å². The minimum atomic E-state index is -1.02. The number of likely N-dealkylation sites (N-methyl/N-ethyl adjacent to an activating group) is 2. The number of hydrogen-bond acceptors (Lipinski definition) is 7. The first-order valence-electron chi connectivity index (χ1n) is 10.4. The molecule has 0 saturated heterocycles. The van der Waals surface area contributed by atoms with Crippen LogP contribution in [0.25, 0.3) is 0 Å². The lowest BCUT2D eigenvalue weighted by Crippen LogP contribution is -2.54. The molecule has 32 heavy (non-hydrogen) atoms. The number of amides is 5. The Balaban J connectivity index is 2.65. The van der Waals surface area contributed by atoms with Gasteiger partial charge < -0.3 is 26.8 Å². The van der Waals surface area contributed by atoms with Gasteiger partial charge in [-0.1, -0.05) is 30.3 Å². The first-order valence-corrected chi connectivity index (χ1v) is 10.4. The first-order chi connectivity index (χ1) is 15.2. The molecule has 1 aromatic rings. The highest BCUT2D eigenvalue weighted by atomic mass is 16.3. The van der Waals surface area contributed by atoms with Crippen LogP contribution in [0, 0.1) is 0 Å². The fourth-order valence-corrected chi connectivity index (χ4v) is 2.86. The molecular formula is C21H34N6O5. The molecular weight excluding hydrogens is 416 g/mol. The van der Waals surface area contributed by atoms with Gasteiger partial charge in [0.1, 0.15) is 6.04 Å². The average molecular weight is 451 g/mol. The second-order valence-electron chi connectivity index (χ2n) is 7.53. The number of carbonyl (C=O) groups excluding carboxylic acids is 4. The third-order valence-corrected chi connectivity index (χ3v) is 4.77. The molecule has 1 rings (SSSR count). The van der Waals surface area contributed by atoms with E-state index < -0.39 is 41.9 Å². The summed E-state index contributed by atoms with van der Waals surface area (Å²) in [4.78, 5) is 50.7. The number of nitrogens with zero attached hydrogens (tertiary/aromatic N) is 1. The lowest BCUT2D eigenvalue weighted by Gasteiger charge is -2.24. The third kappa shape index (κ3) is 9.86. The molecule has 0 aliphatic heterocycles. The van der Waals surface area contributed by atoms with E-state index in [1.165, 1.54) is 7.05 Å². The fraction of sp³-hybridized carbons (Fsp3) is 0.524. The van der Waals surface area contributed by atoms with Gasteiger partial charge in [-0.15, -0.1) is 0 Å². The van der Waals surface area contributed by atoms with Crippen LogP contribution >= 0.6 is 0 Å². The van der Waals surface area contributed by atoms with E-state index in [-0.39, 0.29) is 25.9 Å². The molecule has 11 nitrogen and oxygen atoms in total. The van der Waals surface area contributed by atoms with E-state index in [1.54, 1.807) is 19.0 Å². The van der Waals surface area contributed by atoms with Gasteiger partial charge in [0.2, 0.25) is 17.7 Å². The molecule has 0 aliphatic carbocycles. The van der Waals surface area contributed by atoms with Gasteiger partial charge in [-0.3, -0.25) is 24.6 Å². The van der Waals surface area contributed by atoms with E-state index in [0.717, 1.165) is 5.56 Å². The summed E-state index contributed by atoms with van der Waals surface area (Å²) in [5, 5.41) is 19.0. The summed E-state index contributed by atoms with van der Waals surface area (Å²) < 4.78 is 0. The van der Waals surface area contributed by atoms with Crippen molar-refractivity contribution in [3.8, 4) is 0 Å². The largest absolute Gasteiger partial charge is 0.390 e. The van der Waals surface area contributed by atoms with E-state index in [4.69, 9.17) is 5.73 Å². The maximum absolute atomic E-state index is 12.7. The first kappa shape index (κ1) is 27.0. The van der Waals surface area contributed by atoms with Gasteiger partial charge in [0.15, 0.2) is 0 Å². The van der Waals surface area contributed by atoms with Crippen LogP contribution in [0.3, 0.4) is 0 Å². The highest BCUT2D eigenvalue weighted by molar-refractivity contribution is 5.98. The molecule has 7 N–H and O–H groups in total. The number of aliphatic hydroxyl groups excluding tert-OH is 1. The predicted molar refractivity (Wildman–Crippen MR) is 119 cm³/mol. The van der Waals surface area contributed by atoms with Gasteiger partial charge in [0.05, 0.1) is 12.1 Å². The van der Waals surface area contributed by atoms with E-state index in [2.05, 4.69) is 21.3 Å². The van der Waals surface area contributed by atoms with Crippen molar-refractivity contribution in [3.63, 3.8) is 0 Å². The van der Waals surface area contributed by atoms with Crippen LogP contribution < -0.4 is 27.0 Å². The Labute approximate surface area is 188 Å².